The van der Waals surface area contributed by atoms with Crippen molar-refractivity contribution < 1.29 is 9.59 Å². The van der Waals surface area contributed by atoms with Crippen molar-refractivity contribution in [2.45, 2.75) is 38.3 Å². The number of rotatable bonds is 4. The fraction of sp³-hybridized carbons (Fsp3) is 0.400. The van der Waals surface area contributed by atoms with Crippen molar-refractivity contribution >= 4 is 11.8 Å². The molecule has 4 rings (SSSR count). The van der Waals surface area contributed by atoms with Gasteiger partial charge in [0.1, 0.15) is 0 Å². The lowest BCUT2D eigenvalue weighted by molar-refractivity contribution is -0.158. The van der Waals surface area contributed by atoms with Crippen LogP contribution in [0.1, 0.15) is 31.4 Å². The van der Waals surface area contributed by atoms with Crippen LogP contribution < -0.4 is 0 Å². The number of hydrogen-bond donors (Lipinski definition) is 0. The molecule has 0 radical (unpaired) electrons. The second-order valence-corrected chi connectivity index (χ2v) is 6.92. The maximum Gasteiger partial charge on any atom is 0.312 e. The van der Waals surface area contributed by atoms with Crippen molar-refractivity contribution in [3.05, 3.63) is 48.4 Å². The highest BCUT2D eigenvalue weighted by atomic mass is 16.2. The van der Waals surface area contributed by atoms with Gasteiger partial charge in [-0.05, 0) is 12.8 Å². The molecule has 26 heavy (non-hydrogen) atoms. The summed E-state index contributed by atoms with van der Waals surface area (Å²) in [6, 6.07) is 10.1. The number of benzene rings is 1. The van der Waals surface area contributed by atoms with Gasteiger partial charge < -0.3 is 9.80 Å². The van der Waals surface area contributed by atoms with Crippen molar-refractivity contribution in [3.8, 4) is 11.3 Å². The molecule has 134 valence electrons. The van der Waals surface area contributed by atoms with Gasteiger partial charge in [0.05, 0.1) is 30.3 Å². The minimum Gasteiger partial charge on any atom is -0.330 e. The number of aromatic nitrogens is 2. The number of carbonyl (C=O) groups excluding carboxylic acids is 2. The monoisotopic (exact) mass is 350 g/mol. The second kappa shape index (κ2) is 7.23. The van der Waals surface area contributed by atoms with Gasteiger partial charge in [-0.3, -0.25) is 19.6 Å². The van der Waals surface area contributed by atoms with E-state index in [0.717, 1.165) is 36.9 Å². The Labute approximate surface area is 152 Å². The average Bonchev–Trinajstić information content (AvgIpc) is 3.21. The van der Waals surface area contributed by atoms with Crippen molar-refractivity contribution in [3.63, 3.8) is 0 Å². The molecule has 1 aromatic carbocycles. The summed E-state index contributed by atoms with van der Waals surface area (Å²) < 4.78 is 0. The maximum absolute atomic E-state index is 12.5. The van der Waals surface area contributed by atoms with Gasteiger partial charge in [0.15, 0.2) is 0 Å². The molecule has 0 unspecified atom stereocenters. The zero-order chi connectivity index (χ0) is 17.9. The van der Waals surface area contributed by atoms with E-state index in [2.05, 4.69) is 9.97 Å². The molecule has 1 aliphatic heterocycles. The highest BCUT2D eigenvalue weighted by Gasteiger charge is 2.37. The van der Waals surface area contributed by atoms with Gasteiger partial charge in [0.25, 0.3) is 0 Å². The molecule has 6 heteroatoms. The second-order valence-electron chi connectivity index (χ2n) is 6.92. The number of amides is 2. The molecule has 1 aromatic heterocycles. The van der Waals surface area contributed by atoms with Gasteiger partial charge in [-0.1, -0.05) is 43.2 Å². The third-order valence-electron chi connectivity index (χ3n) is 5.24. The summed E-state index contributed by atoms with van der Waals surface area (Å²) in [5, 5.41) is 0. The predicted octanol–water partition coefficient (Wildman–Crippen LogP) is 2.26. The van der Waals surface area contributed by atoms with Crippen molar-refractivity contribution in [1.82, 2.24) is 19.8 Å². The first-order chi connectivity index (χ1) is 12.7. The zero-order valence-corrected chi connectivity index (χ0v) is 14.7. The standard InChI is InChI=1S/C20H22N4O2/c25-19-20(26)24(17-8-4-5-9-17)11-10-23(19)14-16-12-22-18(13-21-16)15-6-2-1-3-7-15/h1-3,6-7,12-13,17H,4-5,8-11,14H2. The van der Waals surface area contributed by atoms with Crippen molar-refractivity contribution in [1.29, 1.82) is 0 Å². The Hall–Kier alpha value is -2.76. The Morgan fingerprint density at radius 1 is 0.923 bits per heavy atom. The van der Waals surface area contributed by atoms with Crippen LogP contribution >= 0.6 is 0 Å². The minimum atomic E-state index is -0.419. The van der Waals surface area contributed by atoms with Crippen LogP contribution in [0.2, 0.25) is 0 Å². The lowest BCUT2D eigenvalue weighted by Crippen LogP contribution is -2.56. The Kier molecular flexibility index (Phi) is 4.65. The molecular weight excluding hydrogens is 328 g/mol. The van der Waals surface area contributed by atoms with Gasteiger partial charge in [0.2, 0.25) is 0 Å². The fourth-order valence-corrected chi connectivity index (χ4v) is 3.79. The van der Waals surface area contributed by atoms with E-state index < -0.39 is 5.91 Å². The number of carbonyl (C=O) groups is 2. The number of hydrogen-bond acceptors (Lipinski definition) is 4. The molecule has 0 N–H and O–H groups in total. The summed E-state index contributed by atoms with van der Waals surface area (Å²) in [6.45, 7) is 1.50. The molecule has 2 heterocycles. The molecule has 1 aliphatic carbocycles. The van der Waals surface area contributed by atoms with E-state index in [0.29, 0.717) is 25.3 Å². The van der Waals surface area contributed by atoms with Crippen LogP contribution in [0.15, 0.2) is 42.7 Å². The van der Waals surface area contributed by atoms with Gasteiger partial charge in [-0.15, -0.1) is 0 Å². The van der Waals surface area contributed by atoms with Gasteiger partial charge in [-0.2, -0.15) is 0 Å². The largest absolute Gasteiger partial charge is 0.330 e. The lowest BCUT2D eigenvalue weighted by Gasteiger charge is -2.37. The first-order valence-electron chi connectivity index (χ1n) is 9.18. The third-order valence-corrected chi connectivity index (χ3v) is 5.24. The highest BCUT2D eigenvalue weighted by Crippen LogP contribution is 2.25. The average molecular weight is 350 g/mol. The molecule has 0 spiro atoms. The lowest BCUT2D eigenvalue weighted by atomic mass is 10.1. The van der Waals surface area contributed by atoms with Crippen LogP contribution in [0.3, 0.4) is 0 Å². The first-order valence-corrected chi connectivity index (χ1v) is 9.18. The minimum absolute atomic E-state index is 0.249. The van der Waals surface area contributed by atoms with Crippen LogP contribution in [-0.4, -0.2) is 50.7 Å². The van der Waals surface area contributed by atoms with Crippen LogP contribution in [-0.2, 0) is 16.1 Å². The van der Waals surface area contributed by atoms with E-state index in [1.54, 1.807) is 22.2 Å². The van der Waals surface area contributed by atoms with E-state index in [-0.39, 0.29) is 11.9 Å². The van der Waals surface area contributed by atoms with Crippen LogP contribution in [0.4, 0.5) is 0 Å². The van der Waals surface area contributed by atoms with Crippen molar-refractivity contribution in [2.24, 2.45) is 0 Å². The summed E-state index contributed by atoms with van der Waals surface area (Å²) in [7, 11) is 0. The van der Waals surface area contributed by atoms with E-state index >= 15 is 0 Å². The van der Waals surface area contributed by atoms with Crippen LogP contribution in [0.25, 0.3) is 11.3 Å². The number of nitrogens with zero attached hydrogens (tertiary/aromatic N) is 4. The molecule has 6 nitrogen and oxygen atoms in total. The topological polar surface area (TPSA) is 66.4 Å². The van der Waals surface area contributed by atoms with E-state index in [9.17, 15) is 9.59 Å². The SMILES string of the molecule is O=C1C(=O)N(C2CCCC2)CCN1Cc1cnc(-c2ccccc2)cn1. The van der Waals surface area contributed by atoms with Gasteiger partial charge in [0, 0.05) is 24.7 Å². The number of piperazine rings is 1. The van der Waals surface area contributed by atoms with E-state index in [1.807, 2.05) is 30.3 Å². The quantitative estimate of drug-likeness (QED) is 0.794. The summed E-state index contributed by atoms with van der Waals surface area (Å²) >= 11 is 0. The summed E-state index contributed by atoms with van der Waals surface area (Å²) in [4.78, 5) is 37.1. The Morgan fingerprint density at radius 3 is 2.38 bits per heavy atom. The molecule has 2 aliphatic rings. The Morgan fingerprint density at radius 2 is 1.69 bits per heavy atom. The summed E-state index contributed by atoms with van der Waals surface area (Å²) in [5.74, 6) is -0.783. The highest BCUT2D eigenvalue weighted by molar-refractivity contribution is 6.35. The van der Waals surface area contributed by atoms with Gasteiger partial charge in [-0.25, -0.2) is 0 Å². The molecule has 1 saturated heterocycles. The van der Waals surface area contributed by atoms with Crippen LogP contribution in [0.5, 0.6) is 0 Å². The molecule has 2 amide bonds. The summed E-state index contributed by atoms with van der Waals surface area (Å²) in [5.41, 5.74) is 2.49. The smallest absolute Gasteiger partial charge is 0.312 e. The maximum atomic E-state index is 12.5. The Balaban J connectivity index is 1.41. The van der Waals surface area contributed by atoms with Crippen molar-refractivity contribution in [2.75, 3.05) is 13.1 Å². The molecule has 2 aromatic rings. The normalized spacial score (nSPS) is 18.6. The first kappa shape index (κ1) is 16.7. The molecule has 2 fully saturated rings. The Bertz CT molecular complexity index is 785. The van der Waals surface area contributed by atoms with E-state index in [4.69, 9.17) is 0 Å². The van der Waals surface area contributed by atoms with Gasteiger partial charge >= 0.3 is 11.8 Å². The van der Waals surface area contributed by atoms with E-state index in [1.165, 1.54) is 0 Å². The fourth-order valence-electron chi connectivity index (χ4n) is 3.79. The molecule has 0 atom stereocenters. The molecule has 0 bridgehead atoms. The van der Waals surface area contributed by atoms with Crippen LogP contribution in [0, 0.1) is 0 Å². The predicted molar refractivity (Wildman–Crippen MR) is 96.9 cm³/mol. The third kappa shape index (κ3) is 3.31. The molecular formula is C20H22N4O2. The molecule has 1 saturated carbocycles. The zero-order valence-electron chi connectivity index (χ0n) is 14.7. The summed E-state index contributed by atoms with van der Waals surface area (Å²) in [6.07, 6.45) is 7.73.